The van der Waals surface area contributed by atoms with Crippen molar-refractivity contribution in [3.05, 3.63) is 35.9 Å². The molecule has 1 saturated heterocycles. The molecule has 2 aliphatic rings. The van der Waals surface area contributed by atoms with Gasteiger partial charge in [0.1, 0.15) is 6.54 Å². The van der Waals surface area contributed by atoms with Crippen LogP contribution < -0.4 is 24.0 Å². The molecule has 0 spiro atoms. The zero-order valence-corrected chi connectivity index (χ0v) is 16.7. The fraction of sp³-hybridized carbons (Fsp3) is 0.632. The highest BCUT2D eigenvalue weighted by Gasteiger charge is 2.49. The van der Waals surface area contributed by atoms with Gasteiger partial charge in [-0.1, -0.05) is 43.2 Å². The number of benzene rings is 1. The Morgan fingerprint density at radius 1 is 1.17 bits per heavy atom. The first-order chi connectivity index (χ1) is 10.9. The molecule has 0 bridgehead atoms. The van der Waals surface area contributed by atoms with E-state index in [9.17, 15) is 9.90 Å². The summed E-state index contributed by atoms with van der Waals surface area (Å²) < 4.78 is 6.64. The van der Waals surface area contributed by atoms with E-state index >= 15 is 0 Å². The monoisotopic (exact) mass is 445 g/mol. The van der Waals surface area contributed by atoms with E-state index in [1.165, 1.54) is 0 Å². The zero-order chi connectivity index (χ0) is 16.5. The van der Waals surface area contributed by atoms with E-state index in [-0.39, 0.29) is 36.0 Å². The largest absolute Gasteiger partial charge is 1.00 e. The first-order valence-electron chi connectivity index (χ1n) is 8.73. The molecule has 1 unspecified atom stereocenters. The molecular formula is C19H28INO3. The molecule has 134 valence electrons. The van der Waals surface area contributed by atoms with Crippen LogP contribution >= 0.6 is 0 Å². The van der Waals surface area contributed by atoms with Gasteiger partial charge in [0.25, 0.3) is 0 Å². The number of halogens is 1. The zero-order valence-electron chi connectivity index (χ0n) is 14.6. The molecule has 1 N–H and O–H groups in total. The smallest absolute Gasteiger partial charge is 0.343 e. The number of ether oxygens (including phenoxy) is 1. The summed E-state index contributed by atoms with van der Waals surface area (Å²) in [5.41, 5.74) is -0.832. The Labute approximate surface area is 161 Å². The van der Waals surface area contributed by atoms with Crippen molar-refractivity contribution in [2.45, 2.75) is 43.8 Å². The van der Waals surface area contributed by atoms with Gasteiger partial charge in [-0.05, 0) is 18.4 Å². The molecule has 1 saturated carbocycles. The van der Waals surface area contributed by atoms with E-state index in [0.29, 0.717) is 5.56 Å². The molecule has 1 heterocycles. The molecule has 24 heavy (non-hydrogen) atoms. The summed E-state index contributed by atoms with van der Waals surface area (Å²) >= 11 is 0. The standard InChI is InChI=1S/C19H28NO3.HI/c1-20(2)13-12-17(14-20)23-18(21)19(22,16-10-6-7-11-16)15-8-4-3-5-9-15;/h3-5,8-9,16-17,22H,6-7,10-14H2,1-2H3;1H/q+1;/p-1/t17-,19?;/m0./s1. The van der Waals surface area contributed by atoms with Gasteiger partial charge in [0.05, 0.1) is 20.6 Å². The number of nitrogens with zero attached hydrogens (tertiary/aromatic N) is 1. The predicted octanol–water partition coefficient (Wildman–Crippen LogP) is -0.540. The lowest BCUT2D eigenvalue weighted by Crippen LogP contribution is -3.00. The minimum Gasteiger partial charge on any atom is -1.00 e. The Morgan fingerprint density at radius 3 is 2.33 bits per heavy atom. The average Bonchev–Trinajstić information content (AvgIpc) is 3.17. The summed E-state index contributed by atoms with van der Waals surface area (Å²) in [6.45, 7) is 1.83. The van der Waals surface area contributed by atoms with E-state index in [1.54, 1.807) is 0 Å². The molecule has 1 aliphatic carbocycles. The molecule has 1 aromatic carbocycles. The lowest BCUT2D eigenvalue weighted by atomic mass is 9.80. The summed E-state index contributed by atoms with van der Waals surface area (Å²) in [5.74, 6) is -0.496. The quantitative estimate of drug-likeness (QED) is 0.385. The number of carbonyl (C=O) groups excluding carboxylic acids is 1. The van der Waals surface area contributed by atoms with E-state index in [4.69, 9.17) is 4.74 Å². The van der Waals surface area contributed by atoms with Crippen LogP contribution in [0.25, 0.3) is 0 Å². The Balaban J connectivity index is 0.00000208. The molecule has 5 heteroatoms. The van der Waals surface area contributed by atoms with Crippen molar-refractivity contribution in [2.75, 3.05) is 27.2 Å². The Morgan fingerprint density at radius 2 is 1.79 bits per heavy atom. The van der Waals surface area contributed by atoms with Crippen LogP contribution in [0.2, 0.25) is 0 Å². The molecule has 1 aromatic rings. The average molecular weight is 445 g/mol. The summed E-state index contributed by atoms with van der Waals surface area (Å²) in [6.07, 6.45) is 4.68. The van der Waals surface area contributed by atoms with Crippen molar-refractivity contribution in [3.8, 4) is 0 Å². The first-order valence-corrected chi connectivity index (χ1v) is 8.73. The number of aliphatic hydroxyl groups is 1. The Kier molecular flexibility index (Phi) is 6.31. The molecule has 2 fully saturated rings. The topological polar surface area (TPSA) is 46.5 Å². The predicted molar refractivity (Wildman–Crippen MR) is 88.6 cm³/mol. The van der Waals surface area contributed by atoms with Crippen molar-refractivity contribution >= 4 is 5.97 Å². The number of hydrogen-bond donors (Lipinski definition) is 1. The number of quaternary nitrogens is 1. The molecule has 0 amide bonds. The lowest BCUT2D eigenvalue weighted by Gasteiger charge is -2.33. The van der Waals surface area contributed by atoms with E-state index in [1.807, 2.05) is 30.3 Å². The lowest BCUT2D eigenvalue weighted by molar-refractivity contribution is -0.879. The third kappa shape index (κ3) is 3.94. The second kappa shape index (κ2) is 7.70. The highest BCUT2D eigenvalue weighted by molar-refractivity contribution is 5.81. The van der Waals surface area contributed by atoms with E-state index < -0.39 is 11.6 Å². The van der Waals surface area contributed by atoms with Crippen LogP contribution in [0, 0.1) is 5.92 Å². The number of hydrogen-bond acceptors (Lipinski definition) is 3. The number of likely N-dealkylation sites (N-methyl/N-ethyl adjacent to an activating group) is 1. The molecular weight excluding hydrogens is 417 g/mol. The van der Waals surface area contributed by atoms with Gasteiger partial charge in [-0.25, -0.2) is 4.79 Å². The van der Waals surface area contributed by atoms with Crippen LogP contribution in [0.4, 0.5) is 0 Å². The molecule has 3 rings (SSSR count). The van der Waals surface area contributed by atoms with Crippen molar-refractivity contribution in [2.24, 2.45) is 5.92 Å². The molecule has 2 atom stereocenters. The second-order valence-electron chi connectivity index (χ2n) is 7.77. The summed E-state index contributed by atoms with van der Waals surface area (Å²) in [4.78, 5) is 12.9. The molecule has 0 radical (unpaired) electrons. The third-order valence-corrected chi connectivity index (χ3v) is 5.50. The van der Waals surface area contributed by atoms with Crippen molar-refractivity contribution < 1.29 is 43.1 Å². The van der Waals surface area contributed by atoms with Gasteiger partial charge in [-0.15, -0.1) is 0 Å². The van der Waals surface area contributed by atoms with Crippen molar-refractivity contribution in [1.29, 1.82) is 0 Å². The van der Waals surface area contributed by atoms with Crippen molar-refractivity contribution in [1.82, 2.24) is 0 Å². The second-order valence-corrected chi connectivity index (χ2v) is 7.77. The minimum absolute atomic E-state index is 0. The van der Waals surface area contributed by atoms with Gasteiger partial charge in [-0.2, -0.15) is 0 Å². The molecule has 0 aromatic heterocycles. The van der Waals surface area contributed by atoms with Crippen LogP contribution in [0.5, 0.6) is 0 Å². The van der Waals surface area contributed by atoms with E-state index in [2.05, 4.69) is 14.1 Å². The summed E-state index contributed by atoms with van der Waals surface area (Å²) in [7, 11) is 4.29. The third-order valence-electron chi connectivity index (χ3n) is 5.50. The number of carbonyl (C=O) groups is 1. The van der Waals surface area contributed by atoms with Gasteiger partial charge in [0, 0.05) is 12.3 Å². The van der Waals surface area contributed by atoms with E-state index in [0.717, 1.165) is 49.7 Å². The summed E-state index contributed by atoms with van der Waals surface area (Å²) in [6, 6.07) is 9.33. The highest BCUT2D eigenvalue weighted by Crippen LogP contribution is 2.42. The van der Waals surface area contributed by atoms with Gasteiger partial charge in [0.2, 0.25) is 0 Å². The van der Waals surface area contributed by atoms with Crippen LogP contribution in [-0.4, -0.2) is 48.8 Å². The van der Waals surface area contributed by atoms with Crippen LogP contribution in [0.15, 0.2) is 30.3 Å². The number of likely N-dealkylation sites (tertiary alicyclic amines) is 1. The van der Waals surface area contributed by atoms with Crippen LogP contribution in [0.1, 0.15) is 37.7 Å². The van der Waals surface area contributed by atoms with Gasteiger partial charge in [0.15, 0.2) is 11.7 Å². The summed E-state index contributed by atoms with van der Waals surface area (Å²) in [5, 5.41) is 11.4. The highest BCUT2D eigenvalue weighted by atomic mass is 127. The SMILES string of the molecule is C[N+]1(C)CC[C@H](OC(=O)C(O)(c2ccccc2)C2CCCC2)C1.[I-]. The maximum absolute atomic E-state index is 12.9. The van der Waals surface area contributed by atoms with Crippen LogP contribution in [0.3, 0.4) is 0 Å². The fourth-order valence-electron chi connectivity index (χ4n) is 4.12. The van der Waals surface area contributed by atoms with Crippen molar-refractivity contribution in [3.63, 3.8) is 0 Å². The maximum Gasteiger partial charge on any atom is 0.343 e. The molecule has 4 nitrogen and oxygen atoms in total. The maximum atomic E-state index is 12.9. The van der Waals surface area contributed by atoms with Gasteiger partial charge < -0.3 is 38.3 Å². The van der Waals surface area contributed by atoms with Gasteiger partial charge in [-0.3, -0.25) is 0 Å². The number of esters is 1. The number of rotatable bonds is 4. The first kappa shape index (κ1) is 19.7. The van der Waals surface area contributed by atoms with Crippen LogP contribution in [-0.2, 0) is 15.1 Å². The molecule has 1 aliphatic heterocycles. The Hall–Kier alpha value is -0.660. The normalized spacial score (nSPS) is 25.7. The van der Waals surface area contributed by atoms with Gasteiger partial charge >= 0.3 is 5.97 Å². The Bertz CT molecular complexity index is 557. The minimum atomic E-state index is -1.50. The fourth-order valence-corrected chi connectivity index (χ4v) is 4.12.